The van der Waals surface area contributed by atoms with Gasteiger partial charge in [-0.05, 0) is 24.6 Å². The van der Waals surface area contributed by atoms with Crippen LogP contribution in [0.25, 0.3) is 0 Å². The average Bonchev–Trinajstić information content (AvgIpc) is 2.09. The largest absolute Gasteiger partial charge is 0.324 e. The monoisotopic (exact) mass is 245 g/mol. The minimum atomic E-state index is -0.218. The molecule has 1 rings (SSSR count). The smallest absolute Gasteiger partial charge is 0.128 e. The molecule has 0 saturated carbocycles. The maximum Gasteiger partial charge on any atom is 0.128 e. The van der Waals surface area contributed by atoms with E-state index in [0.717, 1.165) is 17.3 Å². The SMILES string of the molecule is CCCC(N)c1cc(Br)ccc1F. The highest BCUT2D eigenvalue weighted by molar-refractivity contribution is 9.10. The van der Waals surface area contributed by atoms with Gasteiger partial charge in [0.15, 0.2) is 0 Å². The molecule has 0 radical (unpaired) electrons. The van der Waals surface area contributed by atoms with Crippen molar-refractivity contribution in [3.8, 4) is 0 Å². The molecule has 0 aliphatic rings. The molecule has 0 aromatic heterocycles. The van der Waals surface area contributed by atoms with Gasteiger partial charge in [-0.25, -0.2) is 4.39 Å². The minimum absolute atomic E-state index is 0.192. The lowest BCUT2D eigenvalue weighted by atomic mass is 10.0. The quantitative estimate of drug-likeness (QED) is 0.869. The van der Waals surface area contributed by atoms with Crippen molar-refractivity contribution in [2.45, 2.75) is 25.8 Å². The van der Waals surface area contributed by atoms with Gasteiger partial charge in [0.1, 0.15) is 5.82 Å². The van der Waals surface area contributed by atoms with Crippen LogP contribution in [0.1, 0.15) is 31.4 Å². The Labute approximate surface area is 86.3 Å². The van der Waals surface area contributed by atoms with Crippen LogP contribution in [-0.4, -0.2) is 0 Å². The zero-order valence-corrected chi connectivity index (χ0v) is 9.14. The van der Waals surface area contributed by atoms with Crippen molar-refractivity contribution in [2.24, 2.45) is 5.73 Å². The van der Waals surface area contributed by atoms with Crippen molar-refractivity contribution in [1.82, 2.24) is 0 Å². The Hall–Kier alpha value is -0.410. The molecule has 0 fully saturated rings. The van der Waals surface area contributed by atoms with E-state index < -0.39 is 0 Å². The van der Waals surface area contributed by atoms with Crippen molar-refractivity contribution >= 4 is 15.9 Å². The summed E-state index contributed by atoms with van der Waals surface area (Å²) < 4.78 is 14.1. The third-order valence-electron chi connectivity index (χ3n) is 1.96. The predicted molar refractivity (Wildman–Crippen MR) is 55.9 cm³/mol. The first-order valence-electron chi connectivity index (χ1n) is 4.35. The minimum Gasteiger partial charge on any atom is -0.324 e. The van der Waals surface area contributed by atoms with Crippen LogP contribution in [0.5, 0.6) is 0 Å². The molecule has 0 amide bonds. The summed E-state index contributed by atoms with van der Waals surface area (Å²) in [6.45, 7) is 2.04. The summed E-state index contributed by atoms with van der Waals surface area (Å²) in [5.74, 6) is -0.218. The van der Waals surface area contributed by atoms with E-state index in [1.807, 2.05) is 6.92 Å². The van der Waals surface area contributed by atoms with Crippen molar-refractivity contribution in [1.29, 1.82) is 0 Å². The Bertz CT molecular complexity index is 288. The van der Waals surface area contributed by atoms with Gasteiger partial charge in [-0.3, -0.25) is 0 Å². The second-order valence-electron chi connectivity index (χ2n) is 3.06. The molecule has 72 valence electrons. The Balaban J connectivity index is 2.91. The molecule has 1 atom stereocenters. The van der Waals surface area contributed by atoms with Gasteiger partial charge >= 0.3 is 0 Å². The molecule has 0 saturated heterocycles. The molecule has 0 bridgehead atoms. The second kappa shape index (κ2) is 4.72. The van der Waals surface area contributed by atoms with E-state index in [9.17, 15) is 4.39 Å². The van der Waals surface area contributed by atoms with E-state index in [4.69, 9.17) is 5.73 Å². The molecule has 0 aliphatic carbocycles. The fourth-order valence-corrected chi connectivity index (χ4v) is 1.64. The van der Waals surface area contributed by atoms with Crippen LogP contribution in [-0.2, 0) is 0 Å². The zero-order chi connectivity index (χ0) is 9.84. The van der Waals surface area contributed by atoms with Crippen LogP contribution in [0.2, 0.25) is 0 Å². The van der Waals surface area contributed by atoms with Gasteiger partial charge in [-0.2, -0.15) is 0 Å². The summed E-state index contributed by atoms with van der Waals surface area (Å²) in [4.78, 5) is 0. The number of halogens is 2. The Kier molecular flexibility index (Phi) is 3.88. The molecule has 1 aromatic rings. The van der Waals surface area contributed by atoms with Crippen LogP contribution >= 0.6 is 15.9 Å². The Morgan fingerprint density at radius 2 is 2.23 bits per heavy atom. The predicted octanol–water partition coefficient (Wildman–Crippen LogP) is 3.39. The van der Waals surface area contributed by atoms with E-state index in [1.54, 1.807) is 12.1 Å². The first-order chi connectivity index (χ1) is 6.15. The van der Waals surface area contributed by atoms with E-state index in [-0.39, 0.29) is 11.9 Å². The average molecular weight is 246 g/mol. The highest BCUT2D eigenvalue weighted by Gasteiger charge is 2.10. The number of nitrogens with two attached hydrogens (primary N) is 1. The molecule has 0 spiro atoms. The highest BCUT2D eigenvalue weighted by atomic mass is 79.9. The van der Waals surface area contributed by atoms with Crippen molar-refractivity contribution in [3.63, 3.8) is 0 Å². The molecule has 1 nitrogen and oxygen atoms in total. The Morgan fingerprint density at radius 3 is 2.85 bits per heavy atom. The lowest BCUT2D eigenvalue weighted by molar-refractivity contribution is 0.559. The lowest BCUT2D eigenvalue weighted by Gasteiger charge is -2.11. The lowest BCUT2D eigenvalue weighted by Crippen LogP contribution is -2.11. The van der Waals surface area contributed by atoms with E-state index in [1.165, 1.54) is 6.07 Å². The molecule has 2 N–H and O–H groups in total. The van der Waals surface area contributed by atoms with Gasteiger partial charge in [0.2, 0.25) is 0 Å². The summed E-state index contributed by atoms with van der Waals surface area (Å²) in [6, 6.07) is 4.67. The second-order valence-corrected chi connectivity index (χ2v) is 3.98. The molecule has 1 aromatic carbocycles. The molecular formula is C10H13BrFN. The van der Waals surface area contributed by atoms with Gasteiger partial charge in [0.05, 0.1) is 0 Å². The van der Waals surface area contributed by atoms with Crippen LogP contribution in [0, 0.1) is 5.82 Å². The van der Waals surface area contributed by atoms with Crippen LogP contribution in [0.15, 0.2) is 22.7 Å². The van der Waals surface area contributed by atoms with Gasteiger partial charge in [0, 0.05) is 16.1 Å². The fraction of sp³-hybridized carbons (Fsp3) is 0.400. The van der Waals surface area contributed by atoms with Crippen molar-refractivity contribution < 1.29 is 4.39 Å². The summed E-state index contributed by atoms with van der Waals surface area (Å²) >= 11 is 3.29. The first-order valence-corrected chi connectivity index (χ1v) is 5.15. The number of rotatable bonds is 3. The zero-order valence-electron chi connectivity index (χ0n) is 7.56. The fourth-order valence-electron chi connectivity index (χ4n) is 1.27. The first kappa shape index (κ1) is 10.7. The maximum atomic E-state index is 13.2. The number of hydrogen-bond acceptors (Lipinski definition) is 1. The molecule has 0 aliphatic heterocycles. The summed E-state index contributed by atoms with van der Waals surface area (Å²) in [5.41, 5.74) is 6.41. The summed E-state index contributed by atoms with van der Waals surface area (Å²) in [5, 5.41) is 0. The normalized spacial score (nSPS) is 12.9. The summed E-state index contributed by atoms with van der Waals surface area (Å²) in [7, 11) is 0. The number of benzene rings is 1. The van der Waals surface area contributed by atoms with Crippen LogP contribution < -0.4 is 5.73 Å². The van der Waals surface area contributed by atoms with Crippen LogP contribution in [0.3, 0.4) is 0 Å². The van der Waals surface area contributed by atoms with E-state index >= 15 is 0 Å². The molecular weight excluding hydrogens is 233 g/mol. The van der Waals surface area contributed by atoms with Gasteiger partial charge in [-0.1, -0.05) is 29.3 Å². The standard InChI is InChI=1S/C10H13BrFN/c1-2-3-10(13)8-6-7(11)4-5-9(8)12/h4-6,10H,2-3,13H2,1H3. The molecule has 13 heavy (non-hydrogen) atoms. The van der Waals surface area contributed by atoms with Crippen molar-refractivity contribution in [3.05, 3.63) is 34.1 Å². The van der Waals surface area contributed by atoms with Crippen molar-refractivity contribution in [2.75, 3.05) is 0 Å². The topological polar surface area (TPSA) is 26.0 Å². The Morgan fingerprint density at radius 1 is 1.54 bits per heavy atom. The number of hydrogen-bond donors (Lipinski definition) is 1. The van der Waals surface area contributed by atoms with Gasteiger partial charge in [0.25, 0.3) is 0 Å². The summed E-state index contributed by atoms with van der Waals surface area (Å²) in [6.07, 6.45) is 1.78. The van der Waals surface area contributed by atoms with E-state index in [2.05, 4.69) is 15.9 Å². The van der Waals surface area contributed by atoms with Gasteiger partial charge < -0.3 is 5.73 Å². The molecule has 1 unspecified atom stereocenters. The third kappa shape index (κ3) is 2.78. The van der Waals surface area contributed by atoms with Gasteiger partial charge in [-0.15, -0.1) is 0 Å². The van der Waals surface area contributed by atoms with E-state index in [0.29, 0.717) is 5.56 Å². The van der Waals surface area contributed by atoms with Crippen LogP contribution in [0.4, 0.5) is 4.39 Å². The molecule has 0 heterocycles. The maximum absolute atomic E-state index is 13.2. The third-order valence-corrected chi connectivity index (χ3v) is 2.45. The molecule has 3 heteroatoms. The highest BCUT2D eigenvalue weighted by Crippen LogP contribution is 2.22.